The fourth-order valence-electron chi connectivity index (χ4n) is 3.28. The van der Waals surface area contributed by atoms with Crippen molar-refractivity contribution in [3.63, 3.8) is 0 Å². The summed E-state index contributed by atoms with van der Waals surface area (Å²) in [5.41, 5.74) is 1.75. The van der Waals surface area contributed by atoms with Crippen molar-refractivity contribution in [1.29, 1.82) is 0 Å². The molecular formula is C16H23N3O3S. The first-order valence-electron chi connectivity index (χ1n) is 8.11. The number of rotatable bonds is 3. The summed E-state index contributed by atoms with van der Waals surface area (Å²) < 4.78 is 28.0. The number of carbonyl (C=O) groups is 1. The first-order chi connectivity index (χ1) is 11.0. The van der Waals surface area contributed by atoms with E-state index in [4.69, 9.17) is 0 Å². The number of nitrogens with zero attached hydrogens (tertiary/aromatic N) is 1. The van der Waals surface area contributed by atoms with E-state index in [2.05, 4.69) is 10.0 Å². The number of nitrogens with one attached hydrogen (secondary N) is 2. The van der Waals surface area contributed by atoms with Gasteiger partial charge in [0.15, 0.2) is 0 Å². The SMILES string of the molecule is CC(=O)N1CCc2cc(S(=O)(=O)NC3CCCCNC3)ccc21. The highest BCUT2D eigenvalue weighted by Gasteiger charge is 2.26. The first-order valence-corrected chi connectivity index (χ1v) is 9.60. The van der Waals surface area contributed by atoms with E-state index in [9.17, 15) is 13.2 Å². The number of carbonyl (C=O) groups excluding carboxylic acids is 1. The number of anilines is 1. The fraction of sp³-hybridized carbons (Fsp3) is 0.562. The number of fused-ring (bicyclic) bond motifs is 1. The minimum atomic E-state index is -3.53. The zero-order valence-electron chi connectivity index (χ0n) is 13.3. The lowest BCUT2D eigenvalue weighted by Gasteiger charge is -2.18. The van der Waals surface area contributed by atoms with Crippen molar-refractivity contribution in [1.82, 2.24) is 10.0 Å². The molecule has 0 bridgehead atoms. The van der Waals surface area contributed by atoms with Gasteiger partial charge in [0.1, 0.15) is 0 Å². The molecule has 6 nitrogen and oxygen atoms in total. The Morgan fingerprint density at radius 2 is 2.17 bits per heavy atom. The van der Waals surface area contributed by atoms with Gasteiger partial charge in [-0.05, 0) is 49.6 Å². The Hall–Kier alpha value is -1.44. The molecular weight excluding hydrogens is 314 g/mol. The van der Waals surface area contributed by atoms with Gasteiger partial charge in [-0.25, -0.2) is 13.1 Å². The largest absolute Gasteiger partial charge is 0.315 e. The van der Waals surface area contributed by atoms with Crippen molar-refractivity contribution in [2.45, 2.75) is 43.5 Å². The smallest absolute Gasteiger partial charge is 0.240 e. The Morgan fingerprint density at radius 1 is 1.35 bits per heavy atom. The standard InChI is InChI=1S/C16H23N3O3S/c1-12(20)19-9-7-13-10-15(5-6-16(13)19)23(21,22)18-14-4-2-3-8-17-11-14/h5-6,10,14,17-18H,2-4,7-9,11H2,1H3. The van der Waals surface area contributed by atoms with Crippen LogP contribution in [0.4, 0.5) is 5.69 Å². The highest BCUT2D eigenvalue weighted by atomic mass is 32.2. The van der Waals surface area contributed by atoms with Crippen molar-refractivity contribution in [2.24, 2.45) is 0 Å². The Bertz CT molecular complexity index is 695. The van der Waals surface area contributed by atoms with Crippen LogP contribution in [0.15, 0.2) is 23.1 Å². The average molecular weight is 337 g/mol. The van der Waals surface area contributed by atoms with Gasteiger partial charge < -0.3 is 10.2 Å². The van der Waals surface area contributed by atoms with Crippen LogP contribution in [-0.4, -0.2) is 40.0 Å². The van der Waals surface area contributed by atoms with Crippen LogP contribution in [0, 0.1) is 0 Å². The Kier molecular flexibility index (Phi) is 4.70. The van der Waals surface area contributed by atoms with Gasteiger partial charge in [-0.15, -0.1) is 0 Å². The van der Waals surface area contributed by atoms with Crippen molar-refractivity contribution < 1.29 is 13.2 Å². The zero-order valence-corrected chi connectivity index (χ0v) is 14.2. The molecule has 1 aromatic rings. The van der Waals surface area contributed by atoms with E-state index < -0.39 is 10.0 Å². The molecule has 2 aliphatic rings. The minimum Gasteiger partial charge on any atom is -0.315 e. The van der Waals surface area contributed by atoms with Crippen molar-refractivity contribution in [3.8, 4) is 0 Å². The average Bonchev–Trinajstić information content (AvgIpc) is 2.77. The van der Waals surface area contributed by atoms with E-state index in [0.717, 1.165) is 37.1 Å². The van der Waals surface area contributed by atoms with E-state index in [0.29, 0.717) is 19.5 Å². The maximum atomic E-state index is 12.6. The van der Waals surface area contributed by atoms with E-state index in [1.165, 1.54) is 6.92 Å². The monoisotopic (exact) mass is 337 g/mol. The number of hydrogen-bond donors (Lipinski definition) is 2. The number of amides is 1. The van der Waals surface area contributed by atoms with Gasteiger partial charge in [0.25, 0.3) is 0 Å². The van der Waals surface area contributed by atoms with Crippen LogP contribution in [0.3, 0.4) is 0 Å². The van der Waals surface area contributed by atoms with Gasteiger partial charge in [0.2, 0.25) is 15.9 Å². The first kappa shape index (κ1) is 16.4. The summed E-state index contributed by atoms with van der Waals surface area (Å²) in [5.74, 6) is -0.0120. The van der Waals surface area contributed by atoms with Gasteiger partial charge in [-0.3, -0.25) is 4.79 Å². The fourth-order valence-corrected chi connectivity index (χ4v) is 4.60. The molecule has 0 spiro atoms. The summed E-state index contributed by atoms with van der Waals surface area (Å²) in [4.78, 5) is 13.5. The summed E-state index contributed by atoms with van der Waals surface area (Å²) in [7, 11) is -3.53. The third-order valence-corrected chi connectivity index (χ3v) is 6.02. The molecule has 7 heteroatoms. The third kappa shape index (κ3) is 3.57. The lowest BCUT2D eigenvalue weighted by molar-refractivity contribution is -0.116. The molecule has 0 saturated carbocycles. The molecule has 1 unspecified atom stereocenters. The quantitative estimate of drug-likeness (QED) is 0.863. The predicted octanol–water partition coefficient (Wildman–Crippen LogP) is 1.02. The van der Waals surface area contributed by atoms with Crippen molar-refractivity contribution >= 4 is 21.6 Å². The van der Waals surface area contributed by atoms with E-state index in [1.54, 1.807) is 23.1 Å². The molecule has 1 fully saturated rings. The van der Waals surface area contributed by atoms with Crippen LogP contribution in [-0.2, 0) is 21.2 Å². The van der Waals surface area contributed by atoms with Gasteiger partial charge >= 0.3 is 0 Å². The van der Waals surface area contributed by atoms with Gasteiger partial charge in [-0.1, -0.05) is 6.42 Å². The minimum absolute atomic E-state index is 0.0120. The lowest BCUT2D eigenvalue weighted by atomic mass is 10.2. The van der Waals surface area contributed by atoms with E-state index in [1.807, 2.05) is 0 Å². The highest BCUT2D eigenvalue weighted by Crippen LogP contribution is 2.30. The molecule has 1 amide bonds. The molecule has 2 heterocycles. The maximum absolute atomic E-state index is 12.6. The molecule has 1 aromatic carbocycles. The second-order valence-corrected chi connectivity index (χ2v) is 7.94. The molecule has 0 aromatic heterocycles. The van der Waals surface area contributed by atoms with E-state index in [-0.39, 0.29) is 16.8 Å². The highest BCUT2D eigenvalue weighted by molar-refractivity contribution is 7.89. The summed E-state index contributed by atoms with van der Waals surface area (Å²) in [5, 5.41) is 3.26. The maximum Gasteiger partial charge on any atom is 0.240 e. The zero-order chi connectivity index (χ0) is 16.4. The van der Waals surface area contributed by atoms with Crippen LogP contribution in [0.1, 0.15) is 31.7 Å². The number of benzene rings is 1. The molecule has 1 saturated heterocycles. The molecule has 1 atom stereocenters. The van der Waals surface area contributed by atoms with Crippen LogP contribution in [0.2, 0.25) is 0 Å². The predicted molar refractivity (Wildman–Crippen MR) is 89.0 cm³/mol. The number of hydrogen-bond acceptors (Lipinski definition) is 4. The Morgan fingerprint density at radius 3 is 2.96 bits per heavy atom. The van der Waals surface area contributed by atoms with Gasteiger partial charge in [0, 0.05) is 31.7 Å². The van der Waals surface area contributed by atoms with Gasteiger partial charge in [0.05, 0.1) is 4.90 Å². The van der Waals surface area contributed by atoms with Crippen LogP contribution in [0.5, 0.6) is 0 Å². The lowest BCUT2D eigenvalue weighted by Crippen LogP contribution is -2.40. The molecule has 0 radical (unpaired) electrons. The molecule has 2 N–H and O–H groups in total. The molecule has 2 aliphatic heterocycles. The van der Waals surface area contributed by atoms with Crippen molar-refractivity contribution in [3.05, 3.63) is 23.8 Å². The topological polar surface area (TPSA) is 78.5 Å². The van der Waals surface area contributed by atoms with Crippen LogP contribution in [0.25, 0.3) is 0 Å². The summed E-state index contributed by atoms with van der Waals surface area (Å²) in [6.45, 7) is 3.76. The van der Waals surface area contributed by atoms with Crippen LogP contribution < -0.4 is 14.9 Å². The summed E-state index contributed by atoms with van der Waals surface area (Å²) >= 11 is 0. The molecule has 3 rings (SSSR count). The molecule has 0 aliphatic carbocycles. The second-order valence-electron chi connectivity index (χ2n) is 6.23. The second kappa shape index (κ2) is 6.59. The number of sulfonamides is 1. The van der Waals surface area contributed by atoms with Gasteiger partial charge in [-0.2, -0.15) is 0 Å². The normalized spacial score (nSPS) is 21.8. The Balaban J connectivity index is 1.79. The summed E-state index contributed by atoms with van der Waals surface area (Å²) in [6, 6.07) is 4.96. The Labute approximate surface area is 137 Å². The molecule has 23 heavy (non-hydrogen) atoms. The van der Waals surface area contributed by atoms with Crippen LogP contribution >= 0.6 is 0 Å². The summed E-state index contributed by atoms with van der Waals surface area (Å²) in [6.07, 6.45) is 3.66. The third-order valence-electron chi connectivity index (χ3n) is 4.51. The van der Waals surface area contributed by atoms with E-state index >= 15 is 0 Å². The van der Waals surface area contributed by atoms with Crippen molar-refractivity contribution in [2.75, 3.05) is 24.5 Å². The molecule has 126 valence electrons.